The number of urea groups is 1. The number of benzene rings is 2. The minimum Gasteiger partial charge on any atom is -0.367 e. The number of hydrogen-bond acceptors (Lipinski definition) is 6. The van der Waals surface area contributed by atoms with Gasteiger partial charge in [-0.15, -0.1) is 0 Å². The van der Waals surface area contributed by atoms with Crippen LogP contribution in [-0.2, 0) is 9.53 Å². The van der Waals surface area contributed by atoms with E-state index in [2.05, 4.69) is 77.5 Å². The second kappa shape index (κ2) is 11.1. The van der Waals surface area contributed by atoms with Gasteiger partial charge in [0.15, 0.2) is 0 Å². The zero-order chi connectivity index (χ0) is 24.0. The molecule has 0 unspecified atom stereocenters. The lowest BCUT2D eigenvalue weighted by atomic mass is 10.0. The number of ether oxygens (including phenoxy) is 1. The summed E-state index contributed by atoms with van der Waals surface area (Å²) in [5.74, 6) is -0.273. The molecule has 2 aromatic carbocycles. The fraction of sp³-hybridized carbons (Fsp3) is 0.292. The number of nitrogens with zero attached hydrogens (tertiary/aromatic N) is 5. The molecule has 8 nitrogen and oxygen atoms in total. The third-order valence-corrected chi connectivity index (χ3v) is 5.21. The van der Waals surface area contributed by atoms with E-state index in [9.17, 15) is 9.59 Å². The van der Waals surface area contributed by atoms with Gasteiger partial charge in [0.1, 0.15) is 6.10 Å². The van der Waals surface area contributed by atoms with Crippen molar-refractivity contribution in [1.82, 2.24) is 9.80 Å². The van der Waals surface area contributed by atoms with Gasteiger partial charge in [-0.3, -0.25) is 0 Å². The van der Waals surface area contributed by atoms with Gasteiger partial charge in [-0.25, -0.2) is 9.59 Å². The molecule has 33 heavy (non-hydrogen) atoms. The topological polar surface area (TPSA) is 77.6 Å². The molecule has 4 rings (SSSR count). The lowest BCUT2D eigenvalue weighted by Gasteiger charge is -2.20. The van der Waals surface area contributed by atoms with Crippen molar-refractivity contribution in [3.05, 3.63) is 71.8 Å². The average molecular weight is 469 g/mol. The van der Waals surface area contributed by atoms with Crippen molar-refractivity contribution in [2.75, 3.05) is 41.3 Å². The molecule has 0 atom stereocenters. The average Bonchev–Trinajstić information content (AvgIpc) is 3.22. The maximum absolute atomic E-state index is 11.5. The number of amides is 3. The predicted molar refractivity (Wildman–Crippen MR) is 129 cm³/mol. The van der Waals surface area contributed by atoms with Crippen molar-refractivity contribution in [2.24, 2.45) is 9.98 Å². The number of carbonyl (C=O) groups is 2. The van der Waals surface area contributed by atoms with Crippen LogP contribution in [0.1, 0.15) is 17.2 Å². The van der Waals surface area contributed by atoms with E-state index in [0.717, 1.165) is 18.1 Å². The molecule has 0 aliphatic carbocycles. The Morgan fingerprint density at radius 3 is 2.06 bits per heavy atom. The number of fused-ring (bicyclic) bond motifs is 1. The van der Waals surface area contributed by atoms with E-state index in [1.807, 2.05) is 12.1 Å². The summed E-state index contributed by atoms with van der Waals surface area (Å²) in [6.45, 7) is 1.65. The van der Waals surface area contributed by atoms with Crippen LogP contribution in [-0.4, -0.2) is 84.5 Å². The molecule has 0 aromatic heterocycles. The van der Waals surface area contributed by atoms with Crippen LogP contribution in [0.3, 0.4) is 0 Å². The molecule has 2 aliphatic heterocycles. The van der Waals surface area contributed by atoms with E-state index in [1.54, 1.807) is 0 Å². The third kappa shape index (κ3) is 5.98. The van der Waals surface area contributed by atoms with Crippen molar-refractivity contribution in [3.63, 3.8) is 0 Å². The second-order valence-electron chi connectivity index (χ2n) is 7.75. The summed E-state index contributed by atoms with van der Waals surface area (Å²) in [6.07, 6.45) is 0.0161. The molecule has 9 heteroatoms. The normalized spacial score (nSPS) is 15.4. The lowest BCUT2D eigenvalue weighted by molar-refractivity contribution is -0.401. The Labute approximate surface area is 198 Å². The molecule has 2 aliphatic rings. The van der Waals surface area contributed by atoms with Gasteiger partial charge in [0.2, 0.25) is 5.71 Å². The predicted octanol–water partition coefficient (Wildman–Crippen LogP) is 3.02. The minimum absolute atomic E-state index is 0.0161. The maximum atomic E-state index is 11.5. The number of aliphatic imine (C=N–C) groups is 2. The van der Waals surface area contributed by atoms with Crippen LogP contribution < -0.4 is 0 Å². The van der Waals surface area contributed by atoms with Crippen molar-refractivity contribution >= 4 is 40.4 Å². The number of amidine groups is 2. The van der Waals surface area contributed by atoms with Gasteiger partial charge >= 0.3 is 17.8 Å². The zero-order valence-electron chi connectivity index (χ0n) is 19.1. The van der Waals surface area contributed by atoms with Crippen molar-refractivity contribution in [3.8, 4) is 0 Å². The Balaban J connectivity index is 0.000000194. The van der Waals surface area contributed by atoms with Gasteiger partial charge in [-0.05, 0) is 36.8 Å². The lowest BCUT2D eigenvalue weighted by Crippen LogP contribution is -2.51. The first-order chi connectivity index (χ1) is 15.8. The van der Waals surface area contributed by atoms with E-state index in [0.29, 0.717) is 0 Å². The highest BCUT2D eigenvalue weighted by molar-refractivity contribution is 6.78. The summed E-state index contributed by atoms with van der Waals surface area (Å²) in [5.41, 5.74) is 2.51. The molecular weight excluding hydrogens is 442 g/mol. The van der Waals surface area contributed by atoms with Crippen LogP contribution in [0.2, 0.25) is 0 Å². The Morgan fingerprint density at radius 2 is 1.55 bits per heavy atom. The van der Waals surface area contributed by atoms with E-state index in [-0.39, 0.29) is 22.9 Å². The Kier molecular flexibility index (Phi) is 8.21. The summed E-state index contributed by atoms with van der Waals surface area (Å²) < 4.78 is 7.32. The first-order valence-electron chi connectivity index (χ1n) is 10.4. The van der Waals surface area contributed by atoms with Gasteiger partial charge in [0.05, 0.1) is 20.7 Å². The van der Waals surface area contributed by atoms with Gasteiger partial charge in [0, 0.05) is 6.54 Å². The molecule has 0 spiro atoms. The maximum Gasteiger partial charge on any atom is 0.446 e. The first kappa shape index (κ1) is 24.4. The fourth-order valence-corrected chi connectivity index (χ4v) is 3.40. The Morgan fingerprint density at radius 1 is 1.00 bits per heavy atom. The van der Waals surface area contributed by atoms with E-state index in [1.165, 1.54) is 29.8 Å². The summed E-state index contributed by atoms with van der Waals surface area (Å²) >= 11 is 5.55. The Bertz CT molecular complexity index is 1060. The summed E-state index contributed by atoms with van der Waals surface area (Å²) in [4.78, 5) is 33.5. The molecule has 0 saturated heterocycles. The summed E-state index contributed by atoms with van der Waals surface area (Å²) in [7, 11) is 7.01. The van der Waals surface area contributed by atoms with Crippen LogP contribution in [0.4, 0.5) is 4.79 Å². The molecule has 0 bridgehead atoms. The SMILES string of the molecule is CN(C)CCOC(c1ccccc1)c1ccccc1.CN1C(=O)C2=NC(Cl)=NC2=[N+](C)C1=O. The quantitative estimate of drug-likeness (QED) is 0.482. The van der Waals surface area contributed by atoms with Crippen LogP contribution in [0.15, 0.2) is 70.6 Å². The summed E-state index contributed by atoms with van der Waals surface area (Å²) in [5, 5.41) is -0.0294. The van der Waals surface area contributed by atoms with Crippen molar-refractivity contribution < 1.29 is 18.9 Å². The van der Waals surface area contributed by atoms with E-state index in [4.69, 9.17) is 16.3 Å². The molecule has 0 fully saturated rings. The first-order valence-corrected chi connectivity index (χ1v) is 10.8. The molecular formula is C24H27ClN5O3+. The number of imide groups is 1. The highest BCUT2D eigenvalue weighted by atomic mass is 35.5. The largest absolute Gasteiger partial charge is 0.446 e. The van der Waals surface area contributed by atoms with Crippen molar-refractivity contribution in [1.29, 1.82) is 0 Å². The molecule has 2 aromatic rings. The second-order valence-corrected chi connectivity index (χ2v) is 8.08. The number of hydrogen-bond donors (Lipinski definition) is 0. The molecule has 172 valence electrons. The van der Waals surface area contributed by atoms with Gasteiger partial charge < -0.3 is 9.64 Å². The van der Waals surface area contributed by atoms with Crippen LogP contribution in [0, 0.1) is 0 Å². The van der Waals surface area contributed by atoms with Gasteiger partial charge in [0.25, 0.3) is 5.29 Å². The molecule has 0 N–H and O–H groups in total. The monoisotopic (exact) mass is 468 g/mol. The Hall–Kier alpha value is -3.20. The smallest absolute Gasteiger partial charge is 0.367 e. The number of carbonyl (C=O) groups excluding carboxylic acids is 2. The molecule has 0 radical (unpaired) electrons. The number of halogens is 1. The van der Waals surface area contributed by atoms with Crippen LogP contribution in [0.25, 0.3) is 0 Å². The third-order valence-electron chi connectivity index (χ3n) is 5.04. The number of likely N-dealkylation sites (N-methyl/N-ethyl adjacent to an activating group) is 1. The minimum atomic E-state index is -0.484. The highest BCUT2D eigenvalue weighted by Crippen LogP contribution is 2.25. The van der Waals surface area contributed by atoms with Crippen molar-refractivity contribution in [2.45, 2.75) is 6.10 Å². The number of rotatable bonds is 6. The van der Waals surface area contributed by atoms with E-state index < -0.39 is 11.9 Å². The fourth-order valence-electron chi connectivity index (χ4n) is 3.24. The molecule has 2 heterocycles. The van der Waals surface area contributed by atoms with Crippen LogP contribution in [0.5, 0.6) is 0 Å². The molecule has 0 saturated carbocycles. The zero-order valence-corrected chi connectivity index (χ0v) is 19.9. The highest BCUT2D eigenvalue weighted by Gasteiger charge is 2.44. The molecule has 3 amide bonds. The standard InChI is InChI=1S/C17H21NO.C7H6ClN4O2/c1-18(2)13-14-19-17(15-9-5-3-6-10-15)16-11-7-4-8-12-16;1-11-4-3(9-6(8)10-4)5(13)12(2)7(11)14/h3-12,17H,13-14H2,1-2H3;1-2H3/q;+1. The van der Waals surface area contributed by atoms with Crippen LogP contribution >= 0.6 is 11.6 Å². The van der Waals surface area contributed by atoms with Gasteiger partial charge in [-0.1, -0.05) is 65.7 Å². The summed E-state index contributed by atoms with van der Waals surface area (Å²) in [6, 6.07) is 20.3. The van der Waals surface area contributed by atoms with Gasteiger partial charge in [-0.2, -0.15) is 14.5 Å². The van der Waals surface area contributed by atoms with E-state index >= 15 is 0 Å².